The highest BCUT2D eigenvalue weighted by Gasteiger charge is 2.08. The summed E-state index contributed by atoms with van der Waals surface area (Å²) in [5, 5.41) is 10.4. The molecule has 16 heavy (non-hydrogen) atoms. The lowest BCUT2D eigenvalue weighted by atomic mass is 10.1. The number of carbonyl (C=O) groups is 1. The molecule has 3 nitrogen and oxygen atoms in total. The van der Waals surface area contributed by atoms with Crippen LogP contribution in [0.1, 0.15) is 22.3 Å². The monoisotopic (exact) mass is 282 g/mol. The molecule has 0 heterocycles. The smallest absolute Gasteiger partial charge is 0.168 e. The summed E-state index contributed by atoms with van der Waals surface area (Å²) >= 11 is 3.27. The Morgan fingerprint density at radius 3 is 2.88 bits per heavy atom. The lowest BCUT2D eigenvalue weighted by molar-refractivity contribution is 0.112. The molecule has 0 spiro atoms. The van der Waals surface area contributed by atoms with Crippen LogP contribution in [0.15, 0.2) is 12.1 Å². The number of alkyl halides is 1. The molecule has 1 aromatic carbocycles. The molecule has 0 bridgehead atoms. The van der Waals surface area contributed by atoms with E-state index in [9.17, 15) is 9.90 Å². The standard InChI is InChI=1S/C12H11BrO3/c1-16-11-7-9(4-2-3-5-13)6-10(8-14)12(11)15/h6-8,15H,3,5H2,1H3. The van der Waals surface area contributed by atoms with Crippen LogP contribution in [-0.4, -0.2) is 23.8 Å². The van der Waals surface area contributed by atoms with E-state index in [0.29, 0.717) is 11.8 Å². The van der Waals surface area contributed by atoms with Crippen molar-refractivity contribution in [2.75, 3.05) is 12.4 Å². The third-order valence-corrected chi connectivity index (χ3v) is 2.30. The van der Waals surface area contributed by atoms with Gasteiger partial charge < -0.3 is 9.84 Å². The van der Waals surface area contributed by atoms with Crippen LogP contribution >= 0.6 is 15.9 Å². The third-order valence-electron chi connectivity index (χ3n) is 1.90. The van der Waals surface area contributed by atoms with Crippen molar-refractivity contribution in [3.8, 4) is 23.3 Å². The number of carbonyl (C=O) groups excluding carboxylic acids is 1. The summed E-state index contributed by atoms with van der Waals surface area (Å²) in [5.41, 5.74) is 0.834. The van der Waals surface area contributed by atoms with Crippen molar-refractivity contribution < 1.29 is 14.6 Å². The Morgan fingerprint density at radius 2 is 2.31 bits per heavy atom. The summed E-state index contributed by atoms with van der Waals surface area (Å²) in [7, 11) is 1.43. The normalized spacial score (nSPS) is 9.12. The van der Waals surface area contributed by atoms with Gasteiger partial charge in [-0.15, -0.1) is 0 Å². The molecular weight excluding hydrogens is 272 g/mol. The van der Waals surface area contributed by atoms with E-state index < -0.39 is 0 Å². The Balaban J connectivity index is 3.13. The van der Waals surface area contributed by atoms with Gasteiger partial charge in [0.25, 0.3) is 0 Å². The number of aldehydes is 1. The minimum atomic E-state index is -0.149. The van der Waals surface area contributed by atoms with Crippen LogP contribution in [-0.2, 0) is 0 Å². The van der Waals surface area contributed by atoms with E-state index in [1.54, 1.807) is 6.07 Å². The lowest BCUT2D eigenvalue weighted by Crippen LogP contribution is -1.90. The predicted octanol–water partition coefficient (Wildman–Crippen LogP) is 2.35. The summed E-state index contributed by atoms with van der Waals surface area (Å²) in [5.74, 6) is 5.92. The first-order valence-corrected chi connectivity index (χ1v) is 5.76. The largest absolute Gasteiger partial charge is 0.504 e. The molecule has 1 aromatic rings. The van der Waals surface area contributed by atoms with Gasteiger partial charge in [0.1, 0.15) is 0 Å². The molecule has 84 valence electrons. The van der Waals surface area contributed by atoms with Crippen molar-refractivity contribution in [2.24, 2.45) is 0 Å². The van der Waals surface area contributed by atoms with E-state index in [0.717, 1.165) is 11.8 Å². The number of phenols is 1. The summed E-state index contributed by atoms with van der Waals surface area (Å²) in [6.45, 7) is 0. The first kappa shape index (κ1) is 12.6. The average Bonchev–Trinajstić information content (AvgIpc) is 2.31. The quantitative estimate of drug-likeness (QED) is 0.526. The highest BCUT2D eigenvalue weighted by Crippen LogP contribution is 2.29. The second kappa shape index (κ2) is 6.19. The second-order valence-electron chi connectivity index (χ2n) is 2.97. The van der Waals surface area contributed by atoms with Crippen LogP contribution in [0, 0.1) is 11.8 Å². The maximum atomic E-state index is 10.7. The van der Waals surface area contributed by atoms with Crippen LogP contribution in [0.3, 0.4) is 0 Å². The van der Waals surface area contributed by atoms with Crippen LogP contribution < -0.4 is 4.74 Å². The summed E-state index contributed by atoms with van der Waals surface area (Å²) in [6, 6.07) is 3.13. The molecule has 1 rings (SSSR count). The molecule has 0 unspecified atom stereocenters. The molecule has 0 atom stereocenters. The predicted molar refractivity (Wildman–Crippen MR) is 65.3 cm³/mol. The first-order valence-electron chi connectivity index (χ1n) is 4.64. The third kappa shape index (κ3) is 3.01. The number of halogens is 1. The zero-order valence-corrected chi connectivity index (χ0v) is 10.4. The molecule has 4 heteroatoms. The van der Waals surface area contributed by atoms with Gasteiger partial charge in [0.05, 0.1) is 12.7 Å². The zero-order valence-electron chi connectivity index (χ0n) is 8.79. The van der Waals surface area contributed by atoms with Gasteiger partial charge in [-0.1, -0.05) is 27.8 Å². The van der Waals surface area contributed by atoms with Gasteiger partial charge in [0.15, 0.2) is 17.8 Å². The Labute approximate surface area is 103 Å². The molecule has 0 fully saturated rings. The van der Waals surface area contributed by atoms with E-state index >= 15 is 0 Å². The molecule has 1 N–H and O–H groups in total. The summed E-state index contributed by atoms with van der Waals surface area (Å²) in [6.07, 6.45) is 1.30. The Morgan fingerprint density at radius 1 is 1.56 bits per heavy atom. The van der Waals surface area contributed by atoms with E-state index in [2.05, 4.69) is 27.8 Å². The zero-order chi connectivity index (χ0) is 12.0. The number of rotatable bonds is 3. The van der Waals surface area contributed by atoms with Crippen molar-refractivity contribution in [1.29, 1.82) is 0 Å². The number of benzene rings is 1. The number of methoxy groups -OCH3 is 1. The molecule has 0 aliphatic carbocycles. The van der Waals surface area contributed by atoms with Crippen molar-refractivity contribution in [3.05, 3.63) is 23.3 Å². The van der Waals surface area contributed by atoms with Gasteiger partial charge in [-0.25, -0.2) is 0 Å². The van der Waals surface area contributed by atoms with Crippen molar-refractivity contribution >= 4 is 22.2 Å². The molecular formula is C12H11BrO3. The summed E-state index contributed by atoms with van der Waals surface area (Å²) < 4.78 is 4.95. The maximum absolute atomic E-state index is 10.7. The fraction of sp³-hybridized carbons (Fsp3) is 0.250. The van der Waals surface area contributed by atoms with Crippen LogP contribution in [0.25, 0.3) is 0 Å². The van der Waals surface area contributed by atoms with Crippen molar-refractivity contribution in [1.82, 2.24) is 0 Å². The van der Waals surface area contributed by atoms with Gasteiger partial charge in [-0.2, -0.15) is 0 Å². The van der Waals surface area contributed by atoms with Gasteiger partial charge in [-0.05, 0) is 12.1 Å². The molecule has 0 saturated carbocycles. The molecule has 0 saturated heterocycles. The van der Waals surface area contributed by atoms with Crippen molar-refractivity contribution in [3.63, 3.8) is 0 Å². The minimum absolute atomic E-state index is 0.149. The van der Waals surface area contributed by atoms with Crippen molar-refractivity contribution in [2.45, 2.75) is 6.42 Å². The highest BCUT2D eigenvalue weighted by atomic mass is 79.9. The topological polar surface area (TPSA) is 46.5 Å². The SMILES string of the molecule is COc1cc(C#CCCBr)cc(C=O)c1O. The highest BCUT2D eigenvalue weighted by molar-refractivity contribution is 9.09. The van der Waals surface area contributed by atoms with Gasteiger partial charge in [0.2, 0.25) is 0 Å². The molecule has 0 aromatic heterocycles. The first-order chi connectivity index (χ1) is 7.72. The van der Waals surface area contributed by atoms with E-state index in [1.165, 1.54) is 13.2 Å². The van der Waals surface area contributed by atoms with E-state index in [1.807, 2.05) is 0 Å². The fourth-order valence-electron chi connectivity index (χ4n) is 1.16. The number of aromatic hydroxyl groups is 1. The number of ether oxygens (including phenoxy) is 1. The lowest BCUT2D eigenvalue weighted by Gasteiger charge is -2.05. The van der Waals surface area contributed by atoms with Crippen LogP contribution in [0.5, 0.6) is 11.5 Å². The number of hydrogen-bond donors (Lipinski definition) is 1. The fourth-order valence-corrected chi connectivity index (χ4v) is 1.36. The Hall–Kier alpha value is -1.47. The van der Waals surface area contributed by atoms with Gasteiger partial charge in [-0.3, -0.25) is 4.79 Å². The Kier molecular flexibility index (Phi) is 4.87. The van der Waals surface area contributed by atoms with E-state index in [-0.39, 0.29) is 17.1 Å². The van der Waals surface area contributed by atoms with Gasteiger partial charge >= 0.3 is 0 Å². The number of hydrogen-bond acceptors (Lipinski definition) is 3. The molecule has 0 aliphatic rings. The van der Waals surface area contributed by atoms with Crippen LogP contribution in [0.4, 0.5) is 0 Å². The van der Waals surface area contributed by atoms with Crippen LogP contribution in [0.2, 0.25) is 0 Å². The second-order valence-corrected chi connectivity index (χ2v) is 3.77. The average molecular weight is 283 g/mol. The maximum Gasteiger partial charge on any atom is 0.168 e. The molecule has 0 amide bonds. The summed E-state index contributed by atoms with van der Waals surface area (Å²) in [4.78, 5) is 10.7. The molecule has 0 radical (unpaired) electrons. The number of phenolic OH excluding ortho intramolecular Hbond substituents is 1. The van der Waals surface area contributed by atoms with E-state index in [4.69, 9.17) is 4.74 Å². The minimum Gasteiger partial charge on any atom is -0.504 e. The Bertz CT molecular complexity index is 444. The molecule has 0 aliphatic heterocycles. The van der Waals surface area contributed by atoms with Gasteiger partial charge in [0, 0.05) is 17.3 Å².